The quantitative estimate of drug-likeness (QED) is 0.584. The van der Waals surface area contributed by atoms with E-state index < -0.39 is 4.92 Å². The molecule has 1 aromatic carbocycles. The largest absolute Gasteiger partial charge is 0.493 e. The maximum Gasteiger partial charge on any atom is 0.277 e. The number of nitro groups is 1. The number of ether oxygens (including phenoxy) is 2. The molecule has 0 heterocycles. The molecule has 0 bridgehead atoms. The summed E-state index contributed by atoms with van der Waals surface area (Å²) in [6.45, 7) is 3.52. The second kappa shape index (κ2) is 6.17. The molecule has 0 radical (unpaired) electrons. The van der Waals surface area contributed by atoms with Gasteiger partial charge in [0.2, 0.25) is 0 Å². The Balaban J connectivity index is 3.27. The Morgan fingerprint density at radius 2 is 1.79 bits per heavy atom. The lowest BCUT2D eigenvalue weighted by molar-refractivity contribution is -0.385. The minimum atomic E-state index is -0.523. The Morgan fingerprint density at radius 1 is 1.26 bits per heavy atom. The number of Topliss-reactive ketones (excluding diaryl/α,β-unsaturated/α-hetero) is 1. The van der Waals surface area contributed by atoms with Crippen LogP contribution in [0.15, 0.2) is 12.1 Å². The fourth-order valence-electron chi connectivity index (χ4n) is 1.61. The first-order valence-electron chi connectivity index (χ1n) is 5.82. The molecule has 6 heteroatoms. The van der Waals surface area contributed by atoms with Gasteiger partial charge in [-0.3, -0.25) is 14.9 Å². The molecular formula is C13H17NO5. The van der Waals surface area contributed by atoms with Crippen molar-refractivity contribution >= 4 is 11.5 Å². The number of nitro benzene ring substituents is 1. The lowest BCUT2D eigenvalue weighted by Crippen LogP contribution is -2.12. The Labute approximate surface area is 111 Å². The van der Waals surface area contributed by atoms with E-state index in [2.05, 4.69) is 0 Å². The first kappa shape index (κ1) is 14.9. The van der Waals surface area contributed by atoms with Crippen LogP contribution in [0, 0.1) is 16.0 Å². The number of carbonyl (C=O) groups is 1. The van der Waals surface area contributed by atoms with Crippen LogP contribution in [0.1, 0.15) is 19.4 Å². The number of rotatable bonds is 6. The van der Waals surface area contributed by atoms with Gasteiger partial charge in [-0.25, -0.2) is 0 Å². The minimum Gasteiger partial charge on any atom is -0.493 e. The molecule has 104 valence electrons. The maximum absolute atomic E-state index is 11.7. The summed E-state index contributed by atoms with van der Waals surface area (Å²) in [4.78, 5) is 22.3. The molecule has 6 nitrogen and oxygen atoms in total. The lowest BCUT2D eigenvalue weighted by Gasteiger charge is -2.11. The first-order valence-corrected chi connectivity index (χ1v) is 5.82. The molecule has 0 saturated carbocycles. The summed E-state index contributed by atoms with van der Waals surface area (Å²) in [5.41, 5.74) is 0.202. The van der Waals surface area contributed by atoms with E-state index in [1.165, 1.54) is 26.4 Å². The first-order chi connectivity index (χ1) is 8.90. The molecule has 0 amide bonds. The highest BCUT2D eigenvalue weighted by Crippen LogP contribution is 2.34. The molecule has 1 aromatic rings. The SMILES string of the molecule is COc1cc(CC(=O)C(C)C)c([N+](=O)[O-])cc1OC. The molecule has 1 rings (SSSR count). The molecule has 0 spiro atoms. The van der Waals surface area contributed by atoms with E-state index in [0.717, 1.165) is 0 Å². The summed E-state index contributed by atoms with van der Waals surface area (Å²) < 4.78 is 10.1. The molecular weight excluding hydrogens is 250 g/mol. The van der Waals surface area contributed by atoms with Gasteiger partial charge in [0.25, 0.3) is 5.69 Å². The number of ketones is 1. The van der Waals surface area contributed by atoms with Crippen LogP contribution in [0.3, 0.4) is 0 Å². The van der Waals surface area contributed by atoms with E-state index in [1.807, 2.05) is 0 Å². The van der Waals surface area contributed by atoms with Gasteiger partial charge >= 0.3 is 0 Å². The van der Waals surface area contributed by atoms with Crippen LogP contribution in [-0.2, 0) is 11.2 Å². The molecule has 0 aliphatic rings. The normalized spacial score (nSPS) is 10.4. The number of benzene rings is 1. The molecule has 0 atom stereocenters. The van der Waals surface area contributed by atoms with Gasteiger partial charge in [-0.1, -0.05) is 13.8 Å². The Bertz CT molecular complexity index is 496. The third-order valence-corrected chi connectivity index (χ3v) is 2.79. The fourth-order valence-corrected chi connectivity index (χ4v) is 1.61. The Kier molecular flexibility index (Phi) is 4.86. The average molecular weight is 267 g/mol. The van der Waals surface area contributed by atoms with Crippen LogP contribution in [0.2, 0.25) is 0 Å². The molecule has 0 aromatic heterocycles. The summed E-state index contributed by atoms with van der Waals surface area (Å²) in [7, 11) is 2.85. The van der Waals surface area contributed by atoms with Gasteiger partial charge in [0.1, 0.15) is 5.78 Å². The standard InChI is InChI=1S/C13H17NO5/c1-8(2)11(15)5-9-6-12(18-3)13(19-4)7-10(9)14(16)17/h6-8H,5H2,1-4H3. The molecule has 19 heavy (non-hydrogen) atoms. The molecule has 0 unspecified atom stereocenters. The number of carbonyl (C=O) groups excluding carboxylic acids is 1. The van der Waals surface area contributed by atoms with Crippen molar-refractivity contribution < 1.29 is 19.2 Å². The minimum absolute atomic E-state index is 0.00827. The second-order valence-electron chi connectivity index (χ2n) is 4.39. The third-order valence-electron chi connectivity index (χ3n) is 2.79. The van der Waals surface area contributed by atoms with Crippen LogP contribution < -0.4 is 9.47 Å². The molecule has 0 fully saturated rings. The van der Waals surface area contributed by atoms with Crippen molar-refractivity contribution in [2.45, 2.75) is 20.3 Å². The lowest BCUT2D eigenvalue weighted by atomic mass is 9.99. The highest BCUT2D eigenvalue weighted by molar-refractivity contribution is 5.84. The summed E-state index contributed by atoms with van der Waals surface area (Å²) in [5.74, 6) is 0.414. The highest BCUT2D eigenvalue weighted by atomic mass is 16.6. The summed E-state index contributed by atoms with van der Waals surface area (Å²) in [6.07, 6.45) is 0.00827. The van der Waals surface area contributed by atoms with Crippen molar-refractivity contribution in [3.63, 3.8) is 0 Å². The summed E-state index contributed by atoms with van der Waals surface area (Å²) >= 11 is 0. The van der Waals surface area contributed by atoms with Crippen LogP contribution in [0.5, 0.6) is 11.5 Å². The fraction of sp³-hybridized carbons (Fsp3) is 0.462. The van der Waals surface area contributed by atoms with Gasteiger partial charge in [0, 0.05) is 17.9 Å². The predicted octanol–water partition coefficient (Wildman–Crippen LogP) is 2.38. The van der Waals surface area contributed by atoms with Crippen LogP contribution >= 0.6 is 0 Å². The van der Waals surface area contributed by atoms with Crippen molar-refractivity contribution in [2.75, 3.05) is 14.2 Å². The third kappa shape index (κ3) is 3.43. The number of nitrogens with zero attached hydrogens (tertiary/aromatic N) is 1. The van der Waals surface area contributed by atoms with Crippen LogP contribution in [0.4, 0.5) is 5.69 Å². The molecule has 0 aliphatic heterocycles. The van der Waals surface area contributed by atoms with Gasteiger partial charge in [-0.2, -0.15) is 0 Å². The van der Waals surface area contributed by atoms with Crippen LogP contribution in [0.25, 0.3) is 0 Å². The van der Waals surface area contributed by atoms with Crippen molar-refractivity contribution in [3.05, 3.63) is 27.8 Å². The summed E-state index contributed by atoms with van der Waals surface area (Å²) in [5, 5.41) is 11.0. The monoisotopic (exact) mass is 267 g/mol. The van der Waals surface area contributed by atoms with Crippen molar-refractivity contribution in [3.8, 4) is 11.5 Å². The average Bonchev–Trinajstić information content (AvgIpc) is 2.37. The van der Waals surface area contributed by atoms with E-state index in [9.17, 15) is 14.9 Å². The topological polar surface area (TPSA) is 78.7 Å². The second-order valence-corrected chi connectivity index (χ2v) is 4.39. The maximum atomic E-state index is 11.7. The number of hydrogen-bond acceptors (Lipinski definition) is 5. The van der Waals surface area contributed by atoms with E-state index >= 15 is 0 Å². The van der Waals surface area contributed by atoms with Gasteiger partial charge < -0.3 is 9.47 Å². The van der Waals surface area contributed by atoms with Crippen LogP contribution in [-0.4, -0.2) is 24.9 Å². The van der Waals surface area contributed by atoms with Crippen molar-refractivity contribution in [1.29, 1.82) is 0 Å². The van der Waals surface area contributed by atoms with E-state index in [-0.39, 0.29) is 29.6 Å². The van der Waals surface area contributed by atoms with Crippen molar-refractivity contribution in [2.24, 2.45) is 5.92 Å². The zero-order valence-corrected chi connectivity index (χ0v) is 11.4. The zero-order chi connectivity index (χ0) is 14.6. The van der Waals surface area contributed by atoms with Gasteiger partial charge in [0.05, 0.1) is 25.2 Å². The van der Waals surface area contributed by atoms with E-state index in [4.69, 9.17) is 9.47 Å². The van der Waals surface area contributed by atoms with E-state index in [1.54, 1.807) is 13.8 Å². The summed E-state index contributed by atoms with van der Waals surface area (Å²) in [6, 6.07) is 2.76. The molecule has 0 aliphatic carbocycles. The van der Waals surface area contributed by atoms with Crippen molar-refractivity contribution in [1.82, 2.24) is 0 Å². The van der Waals surface area contributed by atoms with E-state index in [0.29, 0.717) is 11.3 Å². The molecule has 0 saturated heterocycles. The smallest absolute Gasteiger partial charge is 0.277 e. The number of hydrogen-bond donors (Lipinski definition) is 0. The molecule has 0 N–H and O–H groups in total. The predicted molar refractivity (Wildman–Crippen MR) is 69.7 cm³/mol. The number of methoxy groups -OCH3 is 2. The Morgan fingerprint density at radius 3 is 2.21 bits per heavy atom. The Hall–Kier alpha value is -2.11. The zero-order valence-electron chi connectivity index (χ0n) is 11.4. The van der Waals surface area contributed by atoms with Gasteiger partial charge in [-0.15, -0.1) is 0 Å². The highest BCUT2D eigenvalue weighted by Gasteiger charge is 2.22. The van der Waals surface area contributed by atoms with Gasteiger partial charge in [-0.05, 0) is 6.07 Å². The van der Waals surface area contributed by atoms with Gasteiger partial charge in [0.15, 0.2) is 11.5 Å².